The van der Waals surface area contributed by atoms with Crippen molar-refractivity contribution in [3.63, 3.8) is 0 Å². The second-order valence-corrected chi connectivity index (χ2v) is 14.5. The first-order valence-electron chi connectivity index (χ1n) is 13.5. The molecule has 0 bridgehead atoms. The van der Waals surface area contributed by atoms with Crippen LogP contribution in [0.2, 0.25) is 10.6 Å². The second-order valence-electron chi connectivity index (χ2n) is 9.48. The van der Waals surface area contributed by atoms with Gasteiger partial charge in [-0.3, -0.25) is 9.25 Å². The summed E-state index contributed by atoms with van der Waals surface area (Å²) in [6, 6.07) is 6.89. The summed E-state index contributed by atoms with van der Waals surface area (Å²) in [6.07, 6.45) is 2.18. The molecule has 4 N–H and O–H groups in total. The van der Waals surface area contributed by atoms with Gasteiger partial charge in [-0.25, -0.2) is 16.8 Å². The van der Waals surface area contributed by atoms with Crippen LogP contribution in [0.5, 0.6) is 0 Å². The third-order valence-corrected chi connectivity index (χ3v) is 9.15. The van der Waals surface area contributed by atoms with E-state index in [9.17, 15) is 45.1 Å². The third kappa shape index (κ3) is 18.0. The van der Waals surface area contributed by atoms with Crippen molar-refractivity contribution in [3.05, 3.63) is 58.1 Å². The monoisotopic (exact) mass is 930 g/mol. The maximum absolute atomic E-state index is 12.2. The minimum Gasteiger partial charge on any atom is -0.771 e. The van der Waals surface area contributed by atoms with Crippen molar-refractivity contribution in [3.8, 4) is 0 Å². The zero-order valence-corrected chi connectivity index (χ0v) is 42.2. The minimum absolute atomic E-state index is 0. The number of halogens is 2. The predicted octanol–water partition coefficient (Wildman–Crippen LogP) is -11.3. The van der Waals surface area contributed by atoms with Gasteiger partial charge in [0.2, 0.25) is 34.4 Å². The van der Waals surface area contributed by atoms with E-state index in [1.54, 1.807) is 0 Å². The van der Waals surface area contributed by atoms with Gasteiger partial charge in [0, 0.05) is 35.7 Å². The Balaban J connectivity index is 0.00000756. The minimum atomic E-state index is -5.18. The number of aliphatic hydroxyl groups is 1. The Labute approximate surface area is 424 Å². The van der Waals surface area contributed by atoms with Crippen LogP contribution in [0.15, 0.2) is 46.2 Å². The molecule has 0 radical (unpaired) electrons. The van der Waals surface area contributed by atoms with E-state index in [1.165, 1.54) is 24.3 Å². The van der Waals surface area contributed by atoms with E-state index < -0.39 is 59.0 Å². The number of aliphatic hydroxyl groups excluding tert-OH is 1. The average molecular weight is 932 g/mol. The van der Waals surface area contributed by atoms with Crippen molar-refractivity contribution in [1.82, 2.24) is 29.9 Å². The summed E-state index contributed by atoms with van der Waals surface area (Å²) in [5, 5.41) is 30.0. The van der Waals surface area contributed by atoms with Crippen LogP contribution in [-0.2, 0) is 40.7 Å². The number of hydrogen-bond donors (Lipinski definition) is 4. The smallest absolute Gasteiger partial charge is 0.771 e. The van der Waals surface area contributed by atoms with Crippen molar-refractivity contribution in [2.24, 2.45) is 0 Å². The molecule has 1 atom stereocenters. The zero-order chi connectivity index (χ0) is 38.1. The van der Waals surface area contributed by atoms with Crippen molar-refractivity contribution in [2.45, 2.75) is 9.79 Å². The Morgan fingerprint density at radius 2 is 1.29 bits per heavy atom. The molecule has 4 rings (SSSR count). The van der Waals surface area contributed by atoms with Crippen LogP contribution in [0.4, 0.5) is 35.2 Å². The molecule has 0 amide bonds. The standard InChI is InChI=1S/C24H24Cl2N10O12S4.4Na/c25-19-30-21(27-7-8-49-48-47-38)34-22(31-19)28-15-5-3-13(17(9-15)51(41,42)43)1-2-14-4-6-16(10-18(14)52(44,45)46)29-23-32-20(26)33-24(35-23)36(11-37)12-50(39)40;;;;/h1-6,9-10,37-38H,7-8,11-12H2,(H,39,40)(H,41,42,43)(H,44,45,46)(H,29,32,33,35)(H2,27,28,30,31,34);;;;/q;4*+1/p-4. The number of rotatable bonds is 18. The number of aromatic nitrogens is 6. The molecule has 32 heteroatoms. The van der Waals surface area contributed by atoms with Crippen LogP contribution in [-0.4, -0.2) is 94.6 Å². The molecule has 0 aliphatic heterocycles. The molecule has 56 heavy (non-hydrogen) atoms. The average Bonchev–Trinajstić information content (AvgIpc) is 3.05. The van der Waals surface area contributed by atoms with Crippen LogP contribution in [0.3, 0.4) is 0 Å². The molecular weight excluding hydrogens is 911 g/mol. The third-order valence-electron chi connectivity index (χ3n) is 5.98. The first-order valence-corrected chi connectivity index (χ1v) is 19.3. The Bertz CT molecular complexity index is 2210. The molecule has 2 aromatic heterocycles. The van der Waals surface area contributed by atoms with Gasteiger partial charge in [-0.05, 0) is 69.7 Å². The fraction of sp³-hybridized carbons (Fsp3) is 0.167. The van der Waals surface area contributed by atoms with Gasteiger partial charge in [-0.1, -0.05) is 24.3 Å². The molecule has 0 fully saturated rings. The molecule has 2 heterocycles. The summed E-state index contributed by atoms with van der Waals surface area (Å²) in [4.78, 5) is 22.6. The van der Waals surface area contributed by atoms with E-state index in [1.807, 2.05) is 0 Å². The first kappa shape index (κ1) is 56.1. The Morgan fingerprint density at radius 1 is 0.804 bits per heavy atom. The Morgan fingerprint density at radius 3 is 1.75 bits per heavy atom. The van der Waals surface area contributed by atoms with Crippen molar-refractivity contribution in [1.29, 1.82) is 0 Å². The molecule has 0 saturated heterocycles. The van der Waals surface area contributed by atoms with Gasteiger partial charge in [-0.15, -0.1) is 0 Å². The fourth-order valence-electron chi connectivity index (χ4n) is 3.94. The van der Waals surface area contributed by atoms with Gasteiger partial charge in [0.25, 0.3) is 0 Å². The molecule has 0 saturated carbocycles. The number of anilines is 6. The van der Waals surface area contributed by atoms with E-state index in [0.717, 1.165) is 29.2 Å². The number of hydrogen-bond acceptors (Lipinski definition) is 23. The maximum Gasteiger partial charge on any atom is 1.00 e. The van der Waals surface area contributed by atoms with Gasteiger partial charge in [0.15, 0.2) is 0 Å². The summed E-state index contributed by atoms with van der Waals surface area (Å²) in [5.74, 6) is -1.26. The second kappa shape index (κ2) is 26.4. The van der Waals surface area contributed by atoms with Crippen molar-refractivity contribution >= 4 is 114 Å². The number of nitrogens with one attached hydrogen (secondary N) is 3. The normalized spacial score (nSPS) is 11.6. The van der Waals surface area contributed by atoms with E-state index in [2.05, 4.69) is 55.2 Å². The summed E-state index contributed by atoms with van der Waals surface area (Å²) in [5.41, 5.74) is -0.421. The fourth-order valence-corrected chi connectivity index (χ4v) is 6.39. The summed E-state index contributed by atoms with van der Waals surface area (Å²) < 4.78 is 99.6. The van der Waals surface area contributed by atoms with Crippen LogP contribution in [0, 0.1) is 0 Å². The topological polar surface area (TPSA) is 333 Å². The number of benzene rings is 2. The molecule has 22 nitrogen and oxygen atoms in total. The van der Waals surface area contributed by atoms with E-state index in [0.29, 0.717) is 12.0 Å². The van der Waals surface area contributed by atoms with Crippen molar-refractivity contribution < 1.29 is 173 Å². The van der Waals surface area contributed by atoms with Gasteiger partial charge in [0.1, 0.15) is 27.0 Å². The molecule has 0 aliphatic rings. The van der Waals surface area contributed by atoms with Gasteiger partial charge in [-0.2, -0.15) is 34.2 Å². The molecule has 0 aliphatic carbocycles. The zero-order valence-electron chi connectivity index (χ0n) is 29.4. The molecule has 1 unspecified atom stereocenters. The summed E-state index contributed by atoms with van der Waals surface area (Å²) in [6.45, 7) is -0.607. The Kier molecular flexibility index (Phi) is 26.5. The van der Waals surface area contributed by atoms with Crippen LogP contribution < -0.4 is 144 Å². The van der Waals surface area contributed by atoms with Crippen LogP contribution >= 0.6 is 35.2 Å². The van der Waals surface area contributed by atoms with Gasteiger partial charge in [0.05, 0.1) is 15.7 Å². The maximum atomic E-state index is 12.2. The SMILES string of the molecule is O=S([O-])CN(CO)c1nc(Cl)nc(Nc2ccc(C=Cc3ccc(Nc4nc(Cl)nc(NCCSOO[O-])n4)cc3S(=O)(=O)[O-])c(S(=O)(=O)[O-])c2)n1.[Na+].[Na+].[Na+].[Na+]. The van der Waals surface area contributed by atoms with E-state index in [-0.39, 0.29) is 182 Å². The van der Waals surface area contributed by atoms with Gasteiger partial charge >= 0.3 is 118 Å². The molecule has 0 spiro atoms. The van der Waals surface area contributed by atoms with Crippen LogP contribution in [0.25, 0.3) is 12.2 Å². The Hall–Kier alpha value is 0.1000. The quantitative estimate of drug-likeness (QED) is 0.00828. The van der Waals surface area contributed by atoms with Crippen molar-refractivity contribution in [2.75, 3.05) is 45.8 Å². The van der Waals surface area contributed by atoms with Gasteiger partial charge < -0.3 is 44.9 Å². The largest absolute Gasteiger partial charge is 1.00 e. The predicted molar refractivity (Wildman–Crippen MR) is 180 cm³/mol. The van der Waals surface area contributed by atoms with Crippen LogP contribution in [0.1, 0.15) is 11.1 Å². The summed E-state index contributed by atoms with van der Waals surface area (Å²) in [7, 11) is -10.3. The molecule has 280 valence electrons. The number of nitrogens with zero attached hydrogens (tertiary/aromatic N) is 7. The van der Waals surface area contributed by atoms with E-state index >= 15 is 0 Å². The molecular formula is C24H20Cl2N10Na4O12S4. The first-order chi connectivity index (χ1) is 24.5. The molecule has 2 aromatic carbocycles. The van der Waals surface area contributed by atoms with E-state index in [4.69, 9.17) is 23.2 Å². The summed E-state index contributed by atoms with van der Waals surface area (Å²) >= 11 is 9.92. The molecule has 4 aromatic rings.